The van der Waals surface area contributed by atoms with Gasteiger partial charge in [-0.2, -0.15) is 0 Å². The third-order valence-corrected chi connectivity index (χ3v) is 3.39. The molecular formula is C10H15BrO. The van der Waals surface area contributed by atoms with Gasteiger partial charge in [-0.15, -0.1) is 6.58 Å². The van der Waals surface area contributed by atoms with E-state index in [0.717, 1.165) is 24.8 Å². The molecule has 0 radical (unpaired) electrons. The van der Waals surface area contributed by atoms with Crippen LogP contribution in [0.2, 0.25) is 0 Å². The molecule has 12 heavy (non-hydrogen) atoms. The van der Waals surface area contributed by atoms with Gasteiger partial charge in [0.05, 0.1) is 13.2 Å². The lowest BCUT2D eigenvalue weighted by atomic mass is 9.89. The van der Waals surface area contributed by atoms with E-state index in [4.69, 9.17) is 4.74 Å². The van der Waals surface area contributed by atoms with Crippen LogP contribution in [0.25, 0.3) is 0 Å². The maximum absolute atomic E-state index is 5.47. The summed E-state index contributed by atoms with van der Waals surface area (Å²) in [5.41, 5.74) is 0.322. The van der Waals surface area contributed by atoms with Crippen molar-refractivity contribution in [3.8, 4) is 0 Å². The number of alkyl halides is 1. The molecule has 0 aliphatic heterocycles. The summed E-state index contributed by atoms with van der Waals surface area (Å²) >= 11 is 3.54. The van der Waals surface area contributed by atoms with E-state index in [1.54, 1.807) is 6.08 Å². The second-order valence-electron chi connectivity index (χ2n) is 3.32. The molecule has 0 unspecified atom stereocenters. The van der Waals surface area contributed by atoms with Crippen molar-refractivity contribution in [2.45, 2.75) is 12.8 Å². The van der Waals surface area contributed by atoms with E-state index in [1.165, 1.54) is 0 Å². The van der Waals surface area contributed by atoms with E-state index in [2.05, 4.69) is 34.7 Å². The largest absolute Gasteiger partial charge is 0.377 e. The van der Waals surface area contributed by atoms with Crippen molar-refractivity contribution in [1.82, 2.24) is 0 Å². The molecule has 1 aliphatic rings. The first-order chi connectivity index (χ1) is 5.83. The van der Waals surface area contributed by atoms with Gasteiger partial charge < -0.3 is 4.74 Å². The average Bonchev–Trinajstić information content (AvgIpc) is 2.55. The van der Waals surface area contributed by atoms with E-state index in [9.17, 15) is 0 Å². The normalized spacial score (nSPS) is 19.8. The fraction of sp³-hybridized carbons (Fsp3) is 0.600. The summed E-state index contributed by atoms with van der Waals surface area (Å²) in [5.74, 6) is 0. The van der Waals surface area contributed by atoms with Crippen molar-refractivity contribution >= 4 is 15.9 Å². The predicted octanol–water partition coefficient (Wildman–Crippen LogP) is 2.92. The van der Waals surface area contributed by atoms with Crippen LogP contribution in [0.4, 0.5) is 0 Å². The van der Waals surface area contributed by atoms with Crippen LogP contribution in [0.3, 0.4) is 0 Å². The number of ether oxygens (including phenoxy) is 1. The minimum absolute atomic E-state index is 0.322. The Kier molecular flexibility index (Phi) is 4.02. The first-order valence-corrected chi connectivity index (χ1v) is 5.35. The van der Waals surface area contributed by atoms with E-state index in [-0.39, 0.29) is 0 Å². The molecule has 0 spiro atoms. The van der Waals surface area contributed by atoms with Crippen LogP contribution in [0.5, 0.6) is 0 Å². The van der Waals surface area contributed by atoms with Crippen LogP contribution in [0, 0.1) is 5.41 Å². The summed E-state index contributed by atoms with van der Waals surface area (Å²) in [4.78, 5) is 0. The number of allylic oxidation sites excluding steroid dienone is 2. The molecule has 1 nitrogen and oxygen atoms in total. The predicted molar refractivity (Wildman–Crippen MR) is 55.6 cm³/mol. The van der Waals surface area contributed by atoms with Crippen molar-refractivity contribution in [2.75, 3.05) is 18.5 Å². The SMILES string of the molecule is C=CCOCC1(CBr)CC=CC1. The van der Waals surface area contributed by atoms with E-state index in [0.29, 0.717) is 12.0 Å². The van der Waals surface area contributed by atoms with Gasteiger partial charge in [0.1, 0.15) is 0 Å². The van der Waals surface area contributed by atoms with Crippen LogP contribution in [0.15, 0.2) is 24.8 Å². The van der Waals surface area contributed by atoms with Gasteiger partial charge in [0.2, 0.25) is 0 Å². The standard InChI is InChI=1S/C10H15BrO/c1-2-7-12-9-10(8-11)5-3-4-6-10/h2-4H,1,5-9H2. The van der Waals surface area contributed by atoms with Crippen LogP contribution in [-0.4, -0.2) is 18.5 Å². The van der Waals surface area contributed by atoms with Crippen molar-refractivity contribution in [3.05, 3.63) is 24.8 Å². The molecular weight excluding hydrogens is 216 g/mol. The molecule has 0 amide bonds. The van der Waals surface area contributed by atoms with Gasteiger partial charge in [-0.3, -0.25) is 0 Å². The Morgan fingerprint density at radius 2 is 2.17 bits per heavy atom. The van der Waals surface area contributed by atoms with Crippen LogP contribution >= 0.6 is 15.9 Å². The van der Waals surface area contributed by atoms with Gasteiger partial charge in [-0.1, -0.05) is 34.2 Å². The molecule has 68 valence electrons. The maximum Gasteiger partial charge on any atom is 0.0645 e. The fourth-order valence-electron chi connectivity index (χ4n) is 1.37. The minimum atomic E-state index is 0.322. The summed E-state index contributed by atoms with van der Waals surface area (Å²) in [6.07, 6.45) is 8.53. The first-order valence-electron chi connectivity index (χ1n) is 4.23. The number of hydrogen-bond donors (Lipinski definition) is 0. The molecule has 0 saturated carbocycles. The van der Waals surface area contributed by atoms with Gasteiger partial charge in [-0.25, -0.2) is 0 Å². The highest BCUT2D eigenvalue weighted by molar-refractivity contribution is 9.09. The lowest BCUT2D eigenvalue weighted by Gasteiger charge is -2.25. The molecule has 0 atom stereocenters. The summed E-state index contributed by atoms with van der Waals surface area (Å²) in [6, 6.07) is 0. The minimum Gasteiger partial charge on any atom is -0.377 e. The second-order valence-corrected chi connectivity index (χ2v) is 3.88. The van der Waals surface area contributed by atoms with Crippen molar-refractivity contribution < 1.29 is 4.74 Å². The zero-order valence-corrected chi connectivity index (χ0v) is 8.85. The summed E-state index contributed by atoms with van der Waals surface area (Å²) in [7, 11) is 0. The summed E-state index contributed by atoms with van der Waals surface area (Å²) in [5, 5.41) is 1.02. The lowest BCUT2D eigenvalue weighted by molar-refractivity contribution is 0.0809. The first kappa shape index (κ1) is 10.0. The summed E-state index contributed by atoms with van der Waals surface area (Å²) < 4.78 is 5.47. The Morgan fingerprint density at radius 1 is 1.50 bits per heavy atom. The zero-order chi connectivity index (χ0) is 8.86. The van der Waals surface area contributed by atoms with Crippen LogP contribution < -0.4 is 0 Å². The molecule has 1 rings (SSSR count). The number of halogens is 1. The molecule has 1 aliphatic carbocycles. The fourth-order valence-corrected chi connectivity index (χ4v) is 1.99. The molecule has 2 heteroatoms. The van der Waals surface area contributed by atoms with Crippen molar-refractivity contribution in [3.63, 3.8) is 0 Å². The van der Waals surface area contributed by atoms with Gasteiger partial charge in [-0.05, 0) is 12.8 Å². The Morgan fingerprint density at radius 3 is 2.67 bits per heavy atom. The molecule has 0 saturated heterocycles. The Hall–Kier alpha value is -0.0800. The number of hydrogen-bond acceptors (Lipinski definition) is 1. The van der Waals surface area contributed by atoms with Gasteiger partial charge in [0.15, 0.2) is 0 Å². The van der Waals surface area contributed by atoms with Crippen molar-refractivity contribution in [1.29, 1.82) is 0 Å². The van der Waals surface area contributed by atoms with Gasteiger partial charge >= 0.3 is 0 Å². The quantitative estimate of drug-likeness (QED) is 0.401. The molecule has 0 bridgehead atoms. The van der Waals surface area contributed by atoms with E-state index in [1.807, 2.05) is 0 Å². The molecule has 0 aromatic rings. The Bertz CT molecular complexity index is 167. The average molecular weight is 231 g/mol. The number of rotatable bonds is 5. The highest BCUT2D eigenvalue weighted by Crippen LogP contribution is 2.35. The Labute approximate surface area is 82.6 Å². The third kappa shape index (κ3) is 2.46. The maximum atomic E-state index is 5.47. The highest BCUT2D eigenvalue weighted by Gasteiger charge is 2.29. The molecule has 0 heterocycles. The molecule has 0 aromatic heterocycles. The molecule has 0 aromatic carbocycles. The van der Waals surface area contributed by atoms with Gasteiger partial charge in [0.25, 0.3) is 0 Å². The van der Waals surface area contributed by atoms with Crippen LogP contribution in [0.1, 0.15) is 12.8 Å². The van der Waals surface area contributed by atoms with Crippen LogP contribution in [-0.2, 0) is 4.74 Å². The molecule has 0 N–H and O–H groups in total. The zero-order valence-electron chi connectivity index (χ0n) is 7.26. The van der Waals surface area contributed by atoms with E-state index < -0.39 is 0 Å². The van der Waals surface area contributed by atoms with E-state index >= 15 is 0 Å². The topological polar surface area (TPSA) is 9.23 Å². The highest BCUT2D eigenvalue weighted by atomic mass is 79.9. The van der Waals surface area contributed by atoms with Crippen molar-refractivity contribution in [2.24, 2.45) is 5.41 Å². The van der Waals surface area contributed by atoms with Gasteiger partial charge in [0, 0.05) is 10.7 Å². The summed E-state index contributed by atoms with van der Waals surface area (Å²) in [6.45, 7) is 5.11. The third-order valence-electron chi connectivity index (χ3n) is 2.20. The Balaban J connectivity index is 2.30. The molecule has 0 fully saturated rings. The second kappa shape index (κ2) is 4.83. The smallest absolute Gasteiger partial charge is 0.0645 e. The lowest BCUT2D eigenvalue weighted by Crippen LogP contribution is -2.25. The monoisotopic (exact) mass is 230 g/mol.